The van der Waals surface area contributed by atoms with Gasteiger partial charge in [0, 0.05) is 16.4 Å². The minimum atomic E-state index is -0.239. The smallest absolute Gasteiger partial charge is 0.261 e. The molecule has 0 aliphatic rings. The Labute approximate surface area is 132 Å². The van der Waals surface area contributed by atoms with Gasteiger partial charge in [0.1, 0.15) is 0 Å². The van der Waals surface area contributed by atoms with Crippen molar-refractivity contribution in [2.75, 3.05) is 6.54 Å². The summed E-state index contributed by atoms with van der Waals surface area (Å²) in [7, 11) is 0. The standard InChI is InChI=1S/C15H15ClN2O2S/c1-10-5-6-13(21-10)15(20)18-9-14(19)17-8-11-3-2-4-12(16)7-11/h2-7H,8-9H2,1H3,(H,17,19)(H,18,20). The van der Waals surface area contributed by atoms with Crippen LogP contribution >= 0.6 is 22.9 Å². The molecular formula is C15H15ClN2O2S. The first-order valence-electron chi connectivity index (χ1n) is 6.40. The van der Waals surface area contributed by atoms with E-state index in [1.807, 2.05) is 25.1 Å². The Morgan fingerprint density at radius 2 is 2.00 bits per heavy atom. The molecule has 1 aromatic carbocycles. The number of carbonyl (C=O) groups excluding carboxylic acids is 2. The van der Waals surface area contributed by atoms with Crippen LogP contribution in [0.15, 0.2) is 36.4 Å². The molecule has 2 N–H and O–H groups in total. The van der Waals surface area contributed by atoms with Gasteiger partial charge in [-0.15, -0.1) is 11.3 Å². The highest BCUT2D eigenvalue weighted by atomic mass is 35.5. The van der Waals surface area contributed by atoms with E-state index in [4.69, 9.17) is 11.6 Å². The van der Waals surface area contributed by atoms with E-state index in [2.05, 4.69) is 10.6 Å². The van der Waals surface area contributed by atoms with Crippen molar-refractivity contribution in [2.24, 2.45) is 0 Å². The number of benzene rings is 1. The summed E-state index contributed by atoms with van der Waals surface area (Å²) in [5.74, 6) is -0.470. The van der Waals surface area contributed by atoms with Gasteiger partial charge in [0.15, 0.2) is 0 Å². The maximum Gasteiger partial charge on any atom is 0.261 e. The second-order valence-electron chi connectivity index (χ2n) is 4.50. The number of aryl methyl sites for hydroxylation is 1. The van der Waals surface area contributed by atoms with Crippen molar-refractivity contribution in [3.8, 4) is 0 Å². The Kier molecular flexibility index (Phi) is 5.36. The predicted octanol–water partition coefficient (Wildman–Crippen LogP) is 2.76. The van der Waals surface area contributed by atoms with Crippen LogP contribution in [0.1, 0.15) is 20.1 Å². The van der Waals surface area contributed by atoms with Crippen LogP contribution in [-0.4, -0.2) is 18.4 Å². The molecule has 4 nitrogen and oxygen atoms in total. The monoisotopic (exact) mass is 322 g/mol. The summed E-state index contributed by atoms with van der Waals surface area (Å²) >= 11 is 7.27. The first kappa shape index (κ1) is 15.5. The van der Waals surface area contributed by atoms with Gasteiger partial charge in [-0.1, -0.05) is 23.7 Å². The number of halogens is 1. The van der Waals surface area contributed by atoms with E-state index in [0.29, 0.717) is 16.4 Å². The Morgan fingerprint density at radius 1 is 1.19 bits per heavy atom. The van der Waals surface area contributed by atoms with E-state index in [9.17, 15) is 9.59 Å². The molecule has 0 atom stereocenters. The van der Waals surface area contributed by atoms with Crippen molar-refractivity contribution in [1.29, 1.82) is 0 Å². The first-order valence-corrected chi connectivity index (χ1v) is 7.60. The zero-order valence-corrected chi connectivity index (χ0v) is 13.1. The lowest BCUT2D eigenvalue weighted by Gasteiger charge is -2.06. The number of rotatable bonds is 5. The van der Waals surface area contributed by atoms with E-state index < -0.39 is 0 Å². The molecule has 2 aromatic rings. The van der Waals surface area contributed by atoms with E-state index in [-0.39, 0.29) is 18.4 Å². The molecule has 0 bridgehead atoms. The summed E-state index contributed by atoms with van der Waals surface area (Å²) in [6.45, 7) is 2.27. The Balaban J connectivity index is 1.76. The normalized spacial score (nSPS) is 10.2. The summed E-state index contributed by atoms with van der Waals surface area (Å²) in [6.07, 6.45) is 0. The third kappa shape index (κ3) is 4.88. The van der Waals surface area contributed by atoms with Gasteiger partial charge < -0.3 is 10.6 Å². The molecule has 110 valence electrons. The van der Waals surface area contributed by atoms with Crippen LogP contribution in [0.4, 0.5) is 0 Å². The highest BCUT2D eigenvalue weighted by molar-refractivity contribution is 7.13. The highest BCUT2D eigenvalue weighted by Crippen LogP contribution is 2.14. The molecule has 2 rings (SSSR count). The fraction of sp³-hybridized carbons (Fsp3) is 0.200. The molecule has 0 spiro atoms. The largest absolute Gasteiger partial charge is 0.350 e. The number of carbonyl (C=O) groups is 2. The number of thiophene rings is 1. The highest BCUT2D eigenvalue weighted by Gasteiger charge is 2.09. The second kappa shape index (κ2) is 7.24. The van der Waals surface area contributed by atoms with Gasteiger partial charge in [0.05, 0.1) is 11.4 Å². The summed E-state index contributed by atoms with van der Waals surface area (Å²) in [5, 5.41) is 5.95. The quantitative estimate of drug-likeness (QED) is 0.889. The fourth-order valence-electron chi connectivity index (χ4n) is 1.71. The van der Waals surface area contributed by atoms with E-state index in [0.717, 1.165) is 10.4 Å². The molecule has 0 aliphatic heterocycles. The first-order chi connectivity index (χ1) is 10.0. The van der Waals surface area contributed by atoms with Crippen molar-refractivity contribution < 1.29 is 9.59 Å². The third-order valence-corrected chi connectivity index (χ3v) is 3.99. The minimum absolute atomic E-state index is 0.0453. The summed E-state index contributed by atoms with van der Waals surface area (Å²) in [6, 6.07) is 10.9. The molecule has 1 heterocycles. The van der Waals surface area contributed by atoms with Crippen LogP contribution in [0.3, 0.4) is 0 Å². The van der Waals surface area contributed by atoms with Gasteiger partial charge in [0.25, 0.3) is 5.91 Å². The number of hydrogen-bond acceptors (Lipinski definition) is 3. The molecule has 0 aliphatic carbocycles. The lowest BCUT2D eigenvalue weighted by atomic mass is 10.2. The number of amides is 2. The fourth-order valence-corrected chi connectivity index (χ4v) is 2.71. The van der Waals surface area contributed by atoms with E-state index >= 15 is 0 Å². The average molecular weight is 323 g/mol. The lowest BCUT2D eigenvalue weighted by Crippen LogP contribution is -2.36. The van der Waals surface area contributed by atoms with E-state index in [1.54, 1.807) is 18.2 Å². The predicted molar refractivity (Wildman–Crippen MR) is 84.7 cm³/mol. The average Bonchev–Trinajstić information content (AvgIpc) is 2.89. The van der Waals surface area contributed by atoms with Crippen molar-refractivity contribution in [3.63, 3.8) is 0 Å². The maximum atomic E-state index is 11.8. The summed E-state index contributed by atoms with van der Waals surface area (Å²) in [5.41, 5.74) is 0.913. The molecule has 0 saturated carbocycles. The Bertz CT molecular complexity index is 655. The molecule has 2 amide bonds. The zero-order valence-electron chi connectivity index (χ0n) is 11.5. The Morgan fingerprint density at radius 3 is 2.67 bits per heavy atom. The molecular weight excluding hydrogens is 308 g/mol. The molecule has 0 fully saturated rings. The van der Waals surface area contributed by atoms with Gasteiger partial charge in [-0.3, -0.25) is 9.59 Å². The SMILES string of the molecule is Cc1ccc(C(=O)NCC(=O)NCc2cccc(Cl)c2)s1. The molecule has 1 aromatic heterocycles. The summed E-state index contributed by atoms with van der Waals surface area (Å²) in [4.78, 5) is 25.1. The molecule has 0 radical (unpaired) electrons. The molecule has 6 heteroatoms. The van der Waals surface area contributed by atoms with Gasteiger partial charge in [0.2, 0.25) is 5.91 Å². The maximum absolute atomic E-state index is 11.8. The lowest BCUT2D eigenvalue weighted by molar-refractivity contribution is -0.120. The molecule has 21 heavy (non-hydrogen) atoms. The van der Waals surface area contributed by atoms with Crippen molar-refractivity contribution in [3.05, 3.63) is 56.7 Å². The summed E-state index contributed by atoms with van der Waals surface area (Å²) < 4.78 is 0. The molecule has 0 unspecified atom stereocenters. The number of nitrogens with one attached hydrogen (secondary N) is 2. The van der Waals surface area contributed by atoms with Crippen LogP contribution in [-0.2, 0) is 11.3 Å². The third-order valence-electron chi connectivity index (χ3n) is 2.75. The van der Waals surface area contributed by atoms with Crippen LogP contribution < -0.4 is 10.6 Å². The van der Waals surface area contributed by atoms with Crippen LogP contribution in [0, 0.1) is 6.92 Å². The van der Waals surface area contributed by atoms with Crippen LogP contribution in [0.2, 0.25) is 5.02 Å². The van der Waals surface area contributed by atoms with Crippen molar-refractivity contribution in [1.82, 2.24) is 10.6 Å². The van der Waals surface area contributed by atoms with Gasteiger partial charge in [-0.2, -0.15) is 0 Å². The van der Waals surface area contributed by atoms with Crippen molar-refractivity contribution >= 4 is 34.8 Å². The van der Waals surface area contributed by atoms with Crippen molar-refractivity contribution in [2.45, 2.75) is 13.5 Å². The topological polar surface area (TPSA) is 58.2 Å². The zero-order chi connectivity index (χ0) is 15.2. The van der Waals surface area contributed by atoms with Crippen LogP contribution in [0.5, 0.6) is 0 Å². The Hall–Kier alpha value is -1.85. The molecule has 0 saturated heterocycles. The van der Waals surface area contributed by atoms with Gasteiger partial charge in [-0.25, -0.2) is 0 Å². The van der Waals surface area contributed by atoms with E-state index in [1.165, 1.54) is 11.3 Å². The minimum Gasteiger partial charge on any atom is -0.350 e. The van der Waals surface area contributed by atoms with Gasteiger partial charge >= 0.3 is 0 Å². The second-order valence-corrected chi connectivity index (χ2v) is 6.22. The number of hydrogen-bond donors (Lipinski definition) is 2. The van der Waals surface area contributed by atoms with Gasteiger partial charge in [-0.05, 0) is 36.8 Å². The van der Waals surface area contributed by atoms with Crippen LogP contribution in [0.25, 0.3) is 0 Å².